The minimum atomic E-state index is -0.588. The third-order valence-corrected chi connectivity index (χ3v) is 3.16. The van der Waals surface area contributed by atoms with Crippen LogP contribution >= 0.6 is 0 Å². The summed E-state index contributed by atoms with van der Waals surface area (Å²) in [5.74, 6) is -0.0871. The minimum Gasteiger partial charge on any atom is -0.390 e. The Balaban J connectivity index is 4.34. The standard InChI is InChI=1S/C12H28N4O2/c1-6-10(15-12(18)9(3)13-4)11(17)8-16(7-2)14-5/h9-11,13-14,17H,6-8H2,1-5H3,(H,15,18). The van der Waals surface area contributed by atoms with Gasteiger partial charge in [0, 0.05) is 13.1 Å². The summed E-state index contributed by atoms with van der Waals surface area (Å²) in [5, 5.41) is 17.8. The zero-order valence-corrected chi connectivity index (χ0v) is 12.2. The number of nitrogens with zero attached hydrogens (tertiary/aromatic N) is 1. The van der Waals surface area contributed by atoms with Gasteiger partial charge in [0.2, 0.25) is 5.91 Å². The Morgan fingerprint density at radius 2 is 1.94 bits per heavy atom. The number of nitrogens with one attached hydrogen (secondary N) is 3. The van der Waals surface area contributed by atoms with Crippen molar-refractivity contribution in [2.24, 2.45) is 0 Å². The van der Waals surface area contributed by atoms with E-state index in [2.05, 4.69) is 16.1 Å². The molecule has 0 aromatic rings. The second-order valence-corrected chi connectivity index (χ2v) is 4.36. The second-order valence-electron chi connectivity index (χ2n) is 4.36. The predicted octanol–water partition coefficient (Wildman–Crippen LogP) is -0.694. The van der Waals surface area contributed by atoms with Gasteiger partial charge in [-0.1, -0.05) is 13.8 Å². The van der Waals surface area contributed by atoms with E-state index in [0.717, 1.165) is 6.54 Å². The molecule has 6 nitrogen and oxygen atoms in total. The SMILES string of the molecule is CCC(NC(=O)C(C)NC)C(O)CN(CC)NC. The van der Waals surface area contributed by atoms with Crippen LogP contribution in [0.3, 0.4) is 0 Å². The summed E-state index contributed by atoms with van der Waals surface area (Å²) in [5.41, 5.74) is 3.00. The van der Waals surface area contributed by atoms with Crippen molar-refractivity contribution in [1.82, 2.24) is 21.1 Å². The molecule has 3 atom stereocenters. The molecule has 0 spiro atoms. The van der Waals surface area contributed by atoms with Gasteiger partial charge in [0.1, 0.15) is 0 Å². The van der Waals surface area contributed by atoms with Crippen LogP contribution in [0.5, 0.6) is 0 Å². The smallest absolute Gasteiger partial charge is 0.237 e. The Labute approximate surface area is 110 Å². The Morgan fingerprint density at radius 3 is 2.33 bits per heavy atom. The van der Waals surface area contributed by atoms with Crippen molar-refractivity contribution in [3.05, 3.63) is 0 Å². The maximum absolute atomic E-state index is 11.8. The second kappa shape index (κ2) is 9.27. The van der Waals surface area contributed by atoms with E-state index in [-0.39, 0.29) is 18.0 Å². The van der Waals surface area contributed by atoms with Crippen molar-refractivity contribution in [1.29, 1.82) is 0 Å². The topological polar surface area (TPSA) is 76.6 Å². The van der Waals surface area contributed by atoms with E-state index in [9.17, 15) is 9.90 Å². The number of hydrogen-bond donors (Lipinski definition) is 4. The van der Waals surface area contributed by atoms with Crippen LogP contribution in [0.4, 0.5) is 0 Å². The molecule has 0 aliphatic heterocycles. The molecule has 3 unspecified atom stereocenters. The number of likely N-dealkylation sites (N-methyl/N-ethyl adjacent to an activating group) is 2. The van der Waals surface area contributed by atoms with Gasteiger partial charge in [0.05, 0.1) is 18.2 Å². The molecule has 0 radical (unpaired) electrons. The number of rotatable bonds is 9. The fraction of sp³-hybridized carbons (Fsp3) is 0.917. The highest BCUT2D eigenvalue weighted by Crippen LogP contribution is 2.01. The van der Waals surface area contributed by atoms with Gasteiger partial charge in [0.25, 0.3) is 0 Å². The van der Waals surface area contributed by atoms with E-state index in [1.807, 2.05) is 25.9 Å². The van der Waals surface area contributed by atoms with Crippen molar-refractivity contribution < 1.29 is 9.90 Å². The lowest BCUT2D eigenvalue weighted by molar-refractivity contribution is -0.124. The van der Waals surface area contributed by atoms with E-state index >= 15 is 0 Å². The molecule has 0 rings (SSSR count). The fourth-order valence-corrected chi connectivity index (χ4v) is 1.64. The first-order chi connectivity index (χ1) is 8.49. The first-order valence-electron chi connectivity index (χ1n) is 6.58. The Morgan fingerprint density at radius 1 is 1.33 bits per heavy atom. The van der Waals surface area contributed by atoms with Crippen LogP contribution in [-0.2, 0) is 4.79 Å². The number of carbonyl (C=O) groups is 1. The van der Waals surface area contributed by atoms with Gasteiger partial charge < -0.3 is 15.7 Å². The zero-order valence-electron chi connectivity index (χ0n) is 12.2. The van der Waals surface area contributed by atoms with E-state index in [4.69, 9.17) is 0 Å². The summed E-state index contributed by atoms with van der Waals surface area (Å²) in [6, 6.07) is -0.478. The van der Waals surface area contributed by atoms with Gasteiger partial charge in [-0.15, -0.1) is 0 Å². The molecule has 0 aromatic carbocycles. The number of hydrazine groups is 1. The predicted molar refractivity (Wildman–Crippen MR) is 73.1 cm³/mol. The summed E-state index contributed by atoms with van der Waals surface area (Å²) in [6.45, 7) is 7.03. The average Bonchev–Trinajstić information content (AvgIpc) is 2.40. The molecule has 4 N–H and O–H groups in total. The molecule has 0 fully saturated rings. The third kappa shape index (κ3) is 5.77. The summed E-state index contributed by atoms with van der Waals surface area (Å²) in [6.07, 6.45) is 0.111. The number of hydrogen-bond acceptors (Lipinski definition) is 5. The van der Waals surface area contributed by atoms with E-state index < -0.39 is 6.10 Å². The van der Waals surface area contributed by atoms with Crippen LogP contribution in [0.25, 0.3) is 0 Å². The lowest BCUT2D eigenvalue weighted by Crippen LogP contribution is -2.53. The Kier molecular flexibility index (Phi) is 8.91. The first-order valence-corrected chi connectivity index (χ1v) is 6.58. The van der Waals surface area contributed by atoms with E-state index in [1.54, 1.807) is 14.0 Å². The zero-order chi connectivity index (χ0) is 14.1. The highest BCUT2D eigenvalue weighted by Gasteiger charge is 2.23. The monoisotopic (exact) mass is 260 g/mol. The molecular formula is C12H28N4O2. The van der Waals surface area contributed by atoms with Crippen LogP contribution in [0.15, 0.2) is 0 Å². The molecule has 0 heterocycles. The Bertz CT molecular complexity index is 234. The summed E-state index contributed by atoms with van der Waals surface area (Å²) in [4.78, 5) is 11.8. The Hall–Kier alpha value is -0.690. The van der Waals surface area contributed by atoms with Crippen molar-refractivity contribution in [3.8, 4) is 0 Å². The van der Waals surface area contributed by atoms with Gasteiger partial charge in [-0.25, -0.2) is 5.01 Å². The van der Waals surface area contributed by atoms with Crippen LogP contribution < -0.4 is 16.1 Å². The van der Waals surface area contributed by atoms with Crippen molar-refractivity contribution >= 4 is 5.91 Å². The van der Waals surface area contributed by atoms with Gasteiger partial charge >= 0.3 is 0 Å². The molecule has 0 saturated heterocycles. The average molecular weight is 260 g/mol. The molecule has 0 bridgehead atoms. The first kappa shape index (κ1) is 17.3. The molecular weight excluding hydrogens is 232 g/mol. The summed E-state index contributed by atoms with van der Waals surface area (Å²) in [7, 11) is 3.56. The summed E-state index contributed by atoms with van der Waals surface area (Å²) < 4.78 is 0. The molecule has 0 saturated carbocycles. The largest absolute Gasteiger partial charge is 0.390 e. The van der Waals surface area contributed by atoms with Crippen molar-refractivity contribution in [2.75, 3.05) is 27.2 Å². The number of aliphatic hydroxyl groups is 1. The van der Waals surface area contributed by atoms with Crippen LogP contribution in [0.2, 0.25) is 0 Å². The minimum absolute atomic E-state index is 0.0871. The molecule has 6 heteroatoms. The van der Waals surface area contributed by atoms with E-state index in [0.29, 0.717) is 13.0 Å². The molecule has 1 amide bonds. The van der Waals surface area contributed by atoms with Gasteiger partial charge in [-0.05, 0) is 27.4 Å². The number of amides is 1. The number of aliphatic hydroxyl groups excluding tert-OH is 1. The van der Waals surface area contributed by atoms with Crippen LogP contribution in [0.1, 0.15) is 27.2 Å². The van der Waals surface area contributed by atoms with Crippen molar-refractivity contribution in [3.63, 3.8) is 0 Å². The van der Waals surface area contributed by atoms with Crippen LogP contribution in [-0.4, -0.2) is 61.4 Å². The molecule has 108 valence electrons. The fourth-order valence-electron chi connectivity index (χ4n) is 1.64. The highest BCUT2D eigenvalue weighted by molar-refractivity contribution is 5.81. The van der Waals surface area contributed by atoms with Gasteiger partial charge in [-0.2, -0.15) is 0 Å². The van der Waals surface area contributed by atoms with Gasteiger partial charge in [-0.3, -0.25) is 10.2 Å². The lowest BCUT2D eigenvalue weighted by atomic mass is 10.1. The molecule has 0 aromatic heterocycles. The maximum atomic E-state index is 11.8. The molecule has 18 heavy (non-hydrogen) atoms. The maximum Gasteiger partial charge on any atom is 0.237 e. The number of carbonyl (C=O) groups excluding carboxylic acids is 1. The molecule has 0 aliphatic rings. The van der Waals surface area contributed by atoms with E-state index in [1.165, 1.54) is 0 Å². The normalized spacial score (nSPS) is 16.4. The quantitative estimate of drug-likeness (QED) is 0.413. The lowest BCUT2D eigenvalue weighted by Gasteiger charge is -2.29. The molecule has 0 aliphatic carbocycles. The summed E-state index contributed by atoms with van der Waals surface area (Å²) >= 11 is 0. The van der Waals surface area contributed by atoms with Crippen LogP contribution in [0, 0.1) is 0 Å². The third-order valence-electron chi connectivity index (χ3n) is 3.16. The highest BCUT2D eigenvalue weighted by atomic mass is 16.3. The van der Waals surface area contributed by atoms with Gasteiger partial charge in [0.15, 0.2) is 0 Å². The van der Waals surface area contributed by atoms with Crippen molar-refractivity contribution in [2.45, 2.75) is 45.4 Å².